The van der Waals surface area contributed by atoms with Gasteiger partial charge in [-0.2, -0.15) is 0 Å². The first kappa shape index (κ1) is 21.0. The SMILES string of the molecule is C=C[C@H](c1ccc(OC)cc1OC)[C@@](C)(NC(=O)c1ccccc1)C(=O)OC. The lowest BCUT2D eigenvalue weighted by Crippen LogP contribution is -2.56. The quantitative estimate of drug-likeness (QED) is 0.559. The van der Waals surface area contributed by atoms with Crippen molar-refractivity contribution in [1.29, 1.82) is 0 Å². The molecule has 0 aliphatic carbocycles. The highest BCUT2D eigenvalue weighted by molar-refractivity contribution is 5.98. The van der Waals surface area contributed by atoms with Crippen LogP contribution in [0, 0.1) is 0 Å². The summed E-state index contributed by atoms with van der Waals surface area (Å²) in [6.45, 7) is 5.48. The molecule has 0 unspecified atom stereocenters. The molecule has 2 atom stereocenters. The second kappa shape index (κ2) is 9.08. The third kappa shape index (κ3) is 4.17. The van der Waals surface area contributed by atoms with Crippen LogP contribution >= 0.6 is 0 Å². The summed E-state index contributed by atoms with van der Waals surface area (Å²) in [5, 5.41) is 2.82. The van der Waals surface area contributed by atoms with Gasteiger partial charge in [-0.25, -0.2) is 4.79 Å². The van der Waals surface area contributed by atoms with Crippen LogP contribution < -0.4 is 14.8 Å². The summed E-state index contributed by atoms with van der Waals surface area (Å²) >= 11 is 0. The van der Waals surface area contributed by atoms with Crippen LogP contribution in [0.4, 0.5) is 0 Å². The Morgan fingerprint density at radius 3 is 2.29 bits per heavy atom. The number of hydrogen-bond acceptors (Lipinski definition) is 5. The number of nitrogens with one attached hydrogen (secondary N) is 1. The minimum absolute atomic E-state index is 0.396. The van der Waals surface area contributed by atoms with E-state index in [0.717, 1.165) is 0 Å². The highest BCUT2D eigenvalue weighted by Gasteiger charge is 2.44. The summed E-state index contributed by atoms with van der Waals surface area (Å²) in [4.78, 5) is 25.5. The summed E-state index contributed by atoms with van der Waals surface area (Å²) < 4.78 is 15.7. The molecule has 1 N–H and O–H groups in total. The lowest BCUT2D eigenvalue weighted by atomic mass is 9.79. The van der Waals surface area contributed by atoms with Gasteiger partial charge in [-0.05, 0) is 25.1 Å². The molecule has 0 heterocycles. The third-order valence-electron chi connectivity index (χ3n) is 4.65. The lowest BCUT2D eigenvalue weighted by molar-refractivity contribution is -0.148. The molecular weight excluding hydrogens is 358 g/mol. The van der Waals surface area contributed by atoms with Gasteiger partial charge >= 0.3 is 5.97 Å². The van der Waals surface area contributed by atoms with Crippen molar-refractivity contribution in [2.75, 3.05) is 21.3 Å². The van der Waals surface area contributed by atoms with Gasteiger partial charge < -0.3 is 19.5 Å². The van der Waals surface area contributed by atoms with Crippen LogP contribution in [0.5, 0.6) is 11.5 Å². The van der Waals surface area contributed by atoms with E-state index in [-0.39, 0.29) is 0 Å². The Balaban J connectivity index is 2.51. The van der Waals surface area contributed by atoms with E-state index in [0.29, 0.717) is 22.6 Å². The Morgan fingerprint density at radius 1 is 1.07 bits per heavy atom. The van der Waals surface area contributed by atoms with Gasteiger partial charge in [-0.3, -0.25) is 4.79 Å². The smallest absolute Gasteiger partial charge is 0.332 e. The van der Waals surface area contributed by atoms with Gasteiger partial charge in [0, 0.05) is 23.1 Å². The molecule has 28 heavy (non-hydrogen) atoms. The van der Waals surface area contributed by atoms with Crippen molar-refractivity contribution in [2.24, 2.45) is 0 Å². The Morgan fingerprint density at radius 2 is 1.75 bits per heavy atom. The maximum absolute atomic E-state index is 12.8. The Hall–Kier alpha value is -3.28. The fraction of sp³-hybridized carbons (Fsp3) is 0.273. The van der Waals surface area contributed by atoms with E-state index in [2.05, 4.69) is 11.9 Å². The van der Waals surface area contributed by atoms with Gasteiger partial charge in [0.2, 0.25) is 0 Å². The fourth-order valence-corrected chi connectivity index (χ4v) is 3.11. The van der Waals surface area contributed by atoms with Crippen LogP contribution in [0.2, 0.25) is 0 Å². The van der Waals surface area contributed by atoms with Gasteiger partial charge in [0.1, 0.15) is 17.0 Å². The number of carbonyl (C=O) groups is 2. The van der Waals surface area contributed by atoms with Crippen molar-refractivity contribution >= 4 is 11.9 Å². The van der Waals surface area contributed by atoms with Crippen LogP contribution in [0.3, 0.4) is 0 Å². The average molecular weight is 383 g/mol. The van der Waals surface area contributed by atoms with Crippen LogP contribution in [-0.2, 0) is 9.53 Å². The standard InChI is InChI=1S/C22H25NO5/c1-6-18(17-13-12-16(26-3)14-19(17)27-4)22(2,21(25)28-5)23-20(24)15-10-8-7-9-11-15/h6-14,18H,1H2,2-5H3,(H,23,24)/t18-,22-/m1/s1. The first-order valence-electron chi connectivity index (χ1n) is 8.71. The summed E-state index contributed by atoms with van der Waals surface area (Å²) in [5.74, 6) is -0.495. The molecule has 2 rings (SSSR count). The van der Waals surface area contributed by atoms with E-state index in [4.69, 9.17) is 14.2 Å². The zero-order valence-corrected chi connectivity index (χ0v) is 16.5. The molecule has 0 bridgehead atoms. The summed E-state index contributed by atoms with van der Waals surface area (Å²) in [6.07, 6.45) is 1.59. The van der Waals surface area contributed by atoms with E-state index in [1.54, 1.807) is 62.6 Å². The molecule has 0 radical (unpaired) electrons. The van der Waals surface area contributed by atoms with E-state index in [9.17, 15) is 9.59 Å². The van der Waals surface area contributed by atoms with Crippen LogP contribution in [-0.4, -0.2) is 38.7 Å². The molecule has 1 amide bonds. The minimum atomic E-state index is -1.41. The largest absolute Gasteiger partial charge is 0.497 e. The highest BCUT2D eigenvalue weighted by Crippen LogP contribution is 2.38. The number of methoxy groups -OCH3 is 3. The van der Waals surface area contributed by atoms with E-state index < -0.39 is 23.3 Å². The van der Waals surface area contributed by atoms with Gasteiger partial charge in [-0.1, -0.05) is 30.3 Å². The molecule has 6 heteroatoms. The Kier molecular flexibility index (Phi) is 6.82. The first-order chi connectivity index (χ1) is 13.4. The predicted molar refractivity (Wildman–Crippen MR) is 107 cm³/mol. The predicted octanol–water partition coefficient (Wildman–Crippen LogP) is 3.34. The zero-order valence-electron chi connectivity index (χ0n) is 16.5. The topological polar surface area (TPSA) is 73.9 Å². The number of esters is 1. The van der Waals surface area contributed by atoms with E-state index >= 15 is 0 Å². The molecule has 0 aliphatic heterocycles. The van der Waals surface area contributed by atoms with E-state index in [1.807, 2.05) is 6.07 Å². The van der Waals surface area contributed by atoms with Crippen molar-refractivity contribution in [2.45, 2.75) is 18.4 Å². The monoisotopic (exact) mass is 383 g/mol. The Bertz CT molecular complexity index is 849. The van der Waals surface area contributed by atoms with Gasteiger partial charge in [0.25, 0.3) is 5.91 Å². The van der Waals surface area contributed by atoms with E-state index in [1.165, 1.54) is 14.2 Å². The second-order valence-electron chi connectivity index (χ2n) is 6.34. The van der Waals surface area contributed by atoms with Crippen LogP contribution in [0.25, 0.3) is 0 Å². The van der Waals surface area contributed by atoms with Crippen molar-refractivity contribution < 1.29 is 23.8 Å². The first-order valence-corrected chi connectivity index (χ1v) is 8.71. The number of benzene rings is 2. The van der Waals surface area contributed by atoms with Gasteiger partial charge in [0.15, 0.2) is 0 Å². The molecule has 0 spiro atoms. The van der Waals surface area contributed by atoms with Crippen LogP contribution in [0.1, 0.15) is 28.8 Å². The minimum Gasteiger partial charge on any atom is -0.497 e. The molecule has 6 nitrogen and oxygen atoms in total. The van der Waals surface area contributed by atoms with Gasteiger partial charge in [0.05, 0.1) is 21.3 Å². The fourth-order valence-electron chi connectivity index (χ4n) is 3.11. The second-order valence-corrected chi connectivity index (χ2v) is 6.34. The average Bonchev–Trinajstić information content (AvgIpc) is 2.74. The third-order valence-corrected chi connectivity index (χ3v) is 4.65. The molecule has 148 valence electrons. The molecule has 0 aromatic heterocycles. The number of amides is 1. The highest BCUT2D eigenvalue weighted by atomic mass is 16.5. The number of carbonyl (C=O) groups excluding carboxylic acids is 2. The molecule has 0 fully saturated rings. The summed E-state index contributed by atoms with van der Waals surface area (Å²) in [5.41, 5.74) is -0.313. The summed E-state index contributed by atoms with van der Waals surface area (Å²) in [6, 6.07) is 13.9. The summed E-state index contributed by atoms with van der Waals surface area (Å²) in [7, 11) is 4.36. The number of ether oxygens (including phenoxy) is 3. The number of rotatable bonds is 8. The number of hydrogen-bond donors (Lipinski definition) is 1. The lowest BCUT2D eigenvalue weighted by Gasteiger charge is -2.35. The maximum atomic E-state index is 12.8. The van der Waals surface area contributed by atoms with Crippen molar-refractivity contribution in [3.05, 3.63) is 72.3 Å². The maximum Gasteiger partial charge on any atom is 0.332 e. The molecule has 0 saturated carbocycles. The normalized spacial score (nSPS) is 13.6. The molecule has 2 aromatic carbocycles. The molecule has 0 saturated heterocycles. The Labute approximate surface area is 165 Å². The molecule has 0 aliphatic rings. The van der Waals surface area contributed by atoms with Crippen molar-refractivity contribution in [3.63, 3.8) is 0 Å². The van der Waals surface area contributed by atoms with Gasteiger partial charge in [-0.15, -0.1) is 6.58 Å². The van der Waals surface area contributed by atoms with Crippen molar-refractivity contribution in [1.82, 2.24) is 5.32 Å². The molecular formula is C22H25NO5. The van der Waals surface area contributed by atoms with Crippen molar-refractivity contribution in [3.8, 4) is 11.5 Å². The zero-order chi connectivity index (χ0) is 20.7. The van der Waals surface area contributed by atoms with Crippen LogP contribution in [0.15, 0.2) is 61.2 Å². The molecule has 2 aromatic rings.